The molecule has 0 bridgehead atoms. The molecule has 0 saturated heterocycles. The molecule has 4 nitrogen and oxygen atoms in total. The van der Waals surface area contributed by atoms with Gasteiger partial charge < -0.3 is 19.9 Å². The Bertz CT molecular complexity index is 191. The summed E-state index contributed by atoms with van der Waals surface area (Å²) in [5.74, 6) is 0. The predicted molar refractivity (Wildman–Crippen MR) is 88.8 cm³/mol. The summed E-state index contributed by atoms with van der Waals surface area (Å²) in [6.07, 6.45) is 9.67. The molecule has 0 saturated carbocycles. The molecule has 1 unspecified atom stereocenters. The van der Waals surface area contributed by atoms with Crippen molar-refractivity contribution in [2.24, 2.45) is 0 Å². The van der Waals surface area contributed by atoms with Crippen molar-refractivity contribution in [3.05, 3.63) is 0 Å². The number of rotatable bonds is 17. The quantitative estimate of drug-likeness (QED) is 0.405. The lowest BCUT2D eigenvalue weighted by Crippen LogP contribution is -2.31. The average Bonchev–Trinajstić information content (AvgIpc) is 2.49. The minimum Gasteiger partial charge on any atom is -0.389 e. The average molecular weight is 303 g/mol. The van der Waals surface area contributed by atoms with Gasteiger partial charge in [-0.25, -0.2) is 0 Å². The van der Waals surface area contributed by atoms with Gasteiger partial charge in [-0.3, -0.25) is 0 Å². The van der Waals surface area contributed by atoms with E-state index in [-0.39, 0.29) is 0 Å². The first kappa shape index (κ1) is 20.8. The smallest absolute Gasteiger partial charge is 0.0897 e. The molecule has 1 atom stereocenters. The number of aliphatic hydroxyl groups excluding tert-OH is 1. The minimum atomic E-state index is -0.416. The van der Waals surface area contributed by atoms with Crippen LogP contribution in [0.1, 0.15) is 65.2 Å². The lowest BCUT2D eigenvalue weighted by Gasteiger charge is -2.12. The zero-order valence-electron chi connectivity index (χ0n) is 14.2. The van der Waals surface area contributed by atoms with Crippen molar-refractivity contribution in [2.75, 3.05) is 39.5 Å². The van der Waals surface area contributed by atoms with Crippen LogP contribution in [0.15, 0.2) is 0 Å². The Balaban J connectivity index is 3.11. The highest BCUT2D eigenvalue weighted by molar-refractivity contribution is 4.58. The maximum atomic E-state index is 9.73. The molecule has 0 aromatic rings. The first-order chi connectivity index (χ1) is 10.3. The Hall–Kier alpha value is -0.160. The molecule has 0 aliphatic rings. The molecule has 2 N–H and O–H groups in total. The van der Waals surface area contributed by atoms with Crippen LogP contribution in [0, 0.1) is 0 Å². The van der Waals surface area contributed by atoms with Crippen LogP contribution in [-0.2, 0) is 9.47 Å². The molecule has 128 valence electrons. The largest absolute Gasteiger partial charge is 0.389 e. The van der Waals surface area contributed by atoms with Gasteiger partial charge in [-0.05, 0) is 19.4 Å². The molecule has 0 aromatic heterocycles. The maximum Gasteiger partial charge on any atom is 0.0897 e. The molecule has 0 aliphatic carbocycles. The zero-order chi connectivity index (χ0) is 15.6. The topological polar surface area (TPSA) is 50.7 Å². The van der Waals surface area contributed by atoms with E-state index in [2.05, 4.69) is 19.2 Å². The van der Waals surface area contributed by atoms with Crippen LogP contribution >= 0.6 is 0 Å². The lowest BCUT2D eigenvalue weighted by molar-refractivity contribution is 0.00396. The van der Waals surface area contributed by atoms with E-state index in [1.807, 2.05) is 0 Å². The van der Waals surface area contributed by atoms with Crippen LogP contribution in [0.5, 0.6) is 0 Å². The second kappa shape index (κ2) is 17.9. The summed E-state index contributed by atoms with van der Waals surface area (Å²) in [6.45, 7) is 8.38. The van der Waals surface area contributed by atoms with Gasteiger partial charge in [0, 0.05) is 13.2 Å². The Labute approximate surface area is 131 Å². The van der Waals surface area contributed by atoms with E-state index in [4.69, 9.17) is 9.47 Å². The molecule has 0 heterocycles. The summed E-state index contributed by atoms with van der Waals surface area (Å²) in [5, 5.41) is 13.0. The van der Waals surface area contributed by atoms with Gasteiger partial charge in [0.15, 0.2) is 0 Å². The first-order valence-electron chi connectivity index (χ1n) is 8.85. The Kier molecular flexibility index (Phi) is 17.8. The number of ether oxygens (including phenoxy) is 2. The number of aliphatic hydroxyl groups is 1. The highest BCUT2D eigenvalue weighted by atomic mass is 16.5. The summed E-state index contributed by atoms with van der Waals surface area (Å²) < 4.78 is 10.8. The summed E-state index contributed by atoms with van der Waals surface area (Å²) in [7, 11) is 0. The molecular formula is C17H37NO3. The van der Waals surface area contributed by atoms with E-state index >= 15 is 0 Å². The fourth-order valence-electron chi connectivity index (χ4n) is 2.04. The van der Waals surface area contributed by atoms with E-state index in [1.54, 1.807) is 0 Å². The number of nitrogens with one attached hydrogen (secondary N) is 1. The van der Waals surface area contributed by atoms with E-state index < -0.39 is 6.10 Å². The van der Waals surface area contributed by atoms with E-state index in [0.717, 1.165) is 26.0 Å². The highest BCUT2D eigenvalue weighted by Crippen LogP contribution is 2.03. The van der Waals surface area contributed by atoms with Crippen LogP contribution in [-0.4, -0.2) is 50.7 Å². The van der Waals surface area contributed by atoms with Crippen LogP contribution in [0.4, 0.5) is 0 Å². The molecular weight excluding hydrogens is 266 g/mol. The van der Waals surface area contributed by atoms with Gasteiger partial charge in [0.25, 0.3) is 0 Å². The summed E-state index contributed by atoms with van der Waals surface area (Å²) in [6, 6.07) is 0. The molecule has 0 rings (SSSR count). The van der Waals surface area contributed by atoms with Crippen molar-refractivity contribution < 1.29 is 14.6 Å². The second-order valence-corrected chi connectivity index (χ2v) is 5.67. The molecule has 0 radical (unpaired) electrons. The molecule has 0 spiro atoms. The lowest BCUT2D eigenvalue weighted by atomic mass is 10.1. The van der Waals surface area contributed by atoms with Crippen molar-refractivity contribution in [1.29, 1.82) is 0 Å². The van der Waals surface area contributed by atoms with Gasteiger partial charge in [0.05, 0.1) is 25.9 Å². The molecule has 0 amide bonds. The van der Waals surface area contributed by atoms with Gasteiger partial charge in [-0.15, -0.1) is 0 Å². The second-order valence-electron chi connectivity index (χ2n) is 5.67. The van der Waals surface area contributed by atoms with Crippen molar-refractivity contribution in [2.45, 2.75) is 71.3 Å². The van der Waals surface area contributed by atoms with Crippen LogP contribution < -0.4 is 5.32 Å². The Morgan fingerprint density at radius 2 is 1.48 bits per heavy atom. The standard InChI is InChI=1S/C17H37NO3/c1-3-5-7-8-9-10-11-18-15-17(19)16-21-14-13-20-12-6-4-2/h17-19H,3-16H2,1-2H3. The predicted octanol–water partition coefficient (Wildman–Crippen LogP) is 3.13. The normalized spacial score (nSPS) is 12.7. The molecule has 21 heavy (non-hydrogen) atoms. The van der Waals surface area contributed by atoms with Gasteiger partial charge in [0.1, 0.15) is 0 Å². The summed E-state index contributed by atoms with van der Waals surface area (Å²) in [4.78, 5) is 0. The SMILES string of the molecule is CCCCCCCCNCC(O)COCCOCCCC. The number of hydrogen-bond donors (Lipinski definition) is 2. The molecule has 0 aromatic carbocycles. The first-order valence-corrected chi connectivity index (χ1v) is 8.85. The number of unbranched alkanes of at least 4 members (excludes halogenated alkanes) is 6. The summed E-state index contributed by atoms with van der Waals surface area (Å²) >= 11 is 0. The van der Waals surface area contributed by atoms with Gasteiger partial charge in [-0.1, -0.05) is 52.4 Å². The monoisotopic (exact) mass is 303 g/mol. The number of hydrogen-bond acceptors (Lipinski definition) is 4. The zero-order valence-corrected chi connectivity index (χ0v) is 14.2. The van der Waals surface area contributed by atoms with Crippen LogP contribution in [0.25, 0.3) is 0 Å². The van der Waals surface area contributed by atoms with Gasteiger partial charge in [0.2, 0.25) is 0 Å². The third-order valence-corrected chi connectivity index (χ3v) is 3.41. The van der Waals surface area contributed by atoms with Crippen molar-refractivity contribution in [3.63, 3.8) is 0 Å². The fourth-order valence-corrected chi connectivity index (χ4v) is 2.04. The Morgan fingerprint density at radius 3 is 2.24 bits per heavy atom. The summed E-state index contributed by atoms with van der Waals surface area (Å²) in [5.41, 5.74) is 0. The third kappa shape index (κ3) is 17.8. The van der Waals surface area contributed by atoms with Crippen molar-refractivity contribution in [3.8, 4) is 0 Å². The molecule has 0 aliphatic heterocycles. The van der Waals surface area contributed by atoms with Gasteiger partial charge >= 0.3 is 0 Å². The fraction of sp³-hybridized carbons (Fsp3) is 1.00. The van der Waals surface area contributed by atoms with Gasteiger partial charge in [-0.2, -0.15) is 0 Å². The van der Waals surface area contributed by atoms with Crippen molar-refractivity contribution in [1.82, 2.24) is 5.32 Å². The third-order valence-electron chi connectivity index (χ3n) is 3.41. The van der Waals surface area contributed by atoms with Crippen LogP contribution in [0.2, 0.25) is 0 Å². The highest BCUT2D eigenvalue weighted by Gasteiger charge is 2.03. The maximum absolute atomic E-state index is 9.73. The molecule has 4 heteroatoms. The van der Waals surface area contributed by atoms with E-state index in [9.17, 15) is 5.11 Å². The minimum absolute atomic E-state index is 0.390. The van der Waals surface area contributed by atoms with Crippen LogP contribution in [0.3, 0.4) is 0 Å². The molecule has 0 fully saturated rings. The Morgan fingerprint density at radius 1 is 0.810 bits per heavy atom. The van der Waals surface area contributed by atoms with E-state index in [1.165, 1.54) is 38.5 Å². The van der Waals surface area contributed by atoms with Crippen molar-refractivity contribution >= 4 is 0 Å². The van der Waals surface area contributed by atoms with E-state index in [0.29, 0.717) is 26.4 Å².